The Labute approximate surface area is 180 Å². The summed E-state index contributed by atoms with van der Waals surface area (Å²) in [4.78, 5) is 36.3. The first-order valence-corrected chi connectivity index (χ1v) is 10.8. The maximum absolute atomic E-state index is 13.4. The Kier molecular flexibility index (Phi) is 4.90. The van der Waals surface area contributed by atoms with E-state index in [9.17, 15) is 9.59 Å². The molecule has 1 saturated heterocycles. The molecule has 152 valence electrons. The minimum Gasteiger partial charge on any atom is -0.367 e. The average Bonchev–Trinajstić information content (AvgIpc) is 3.19. The molecule has 0 unspecified atom stereocenters. The van der Waals surface area contributed by atoms with E-state index in [1.165, 1.54) is 15.9 Å². The van der Waals surface area contributed by atoms with Gasteiger partial charge in [-0.15, -0.1) is 11.3 Å². The normalized spacial score (nSPS) is 14.4. The monoisotopic (exact) mass is 439 g/mol. The van der Waals surface area contributed by atoms with Crippen LogP contribution in [0.15, 0.2) is 58.4 Å². The molecule has 0 aliphatic carbocycles. The predicted molar refractivity (Wildman–Crippen MR) is 121 cm³/mol. The smallest absolute Gasteiger partial charge is 0.333 e. The number of anilines is 1. The summed E-state index contributed by atoms with van der Waals surface area (Å²) in [6.07, 6.45) is 3.25. The Morgan fingerprint density at radius 3 is 2.67 bits per heavy atom. The van der Waals surface area contributed by atoms with Crippen LogP contribution in [0.5, 0.6) is 0 Å². The molecule has 1 fully saturated rings. The maximum atomic E-state index is 13.4. The van der Waals surface area contributed by atoms with Crippen LogP contribution in [0.1, 0.15) is 0 Å². The molecule has 1 aliphatic heterocycles. The van der Waals surface area contributed by atoms with Crippen LogP contribution in [0, 0.1) is 0 Å². The summed E-state index contributed by atoms with van der Waals surface area (Å²) in [5.74, 6) is 0. The summed E-state index contributed by atoms with van der Waals surface area (Å²) in [6, 6.07) is 11.1. The first-order valence-electron chi connectivity index (χ1n) is 9.57. The molecule has 0 amide bonds. The van der Waals surface area contributed by atoms with E-state index < -0.39 is 5.69 Å². The van der Waals surface area contributed by atoms with Crippen LogP contribution in [-0.4, -0.2) is 40.7 Å². The lowest BCUT2D eigenvalue weighted by Gasteiger charge is -2.30. The lowest BCUT2D eigenvalue weighted by molar-refractivity contribution is 0.588. The molecule has 0 radical (unpaired) electrons. The lowest BCUT2D eigenvalue weighted by Crippen LogP contribution is -2.44. The molecule has 0 bridgehead atoms. The molecule has 0 atom stereocenters. The van der Waals surface area contributed by atoms with Crippen LogP contribution < -0.4 is 21.5 Å². The summed E-state index contributed by atoms with van der Waals surface area (Å²) < 4.78 is 1.65. The number of H-pyrrole nitrogens is 1. The van der Waals surface area contributed by atoms with Crippen molar-refractivity contribution in [3.05, 3.63) is 74.7 Å². The van der Waals surface area contributed by atoms with E-state index in [0.29, 0.717) is 20.9 Å². The first kappa shape index (κ1) is 19.0. The molecule has 3 aromatic heterocycles. The Morgan fingerprint density at radius 1 is 1.07 bits per heavy atom. The zero-order valence-electron chi connectivity index (χ0n) is 15.9. The van der Waals surface area contributed by atoms with E-state index in [0.717, 1.165) is 42.3 Å². The second kappa shape index (κ2) is 7.71. The molecular weight excluding hydrogens is 422 g/mol. The van der Waals surface area contributed by atoms with Crippen molar-refractivity contribution in [3.8, 4) is 16.1 Å². The van der Waals surface area contributed by atoms with Crippen molar-refractivity contribution in [2.24, 2.45) is 0 Å². The van der Waals surface area contributed by atoms with Gasteiger partial charge in [-0.25, -0.2) is 9.36 Å². The maximum Gasteiger partial charge on any atom is 0.333 e. The summed E-state index contributed by atoms with van der Waals surface area (Å²) in [5, 5.41) is 3.91. The van der Waals surface area contributed by atoms with Crippen LogP contribution >= 0.6 is 22.9 Å². The number of thiophene rings is 1. The number of halogens is 1. The fraction of sp³-hybridized carbons (Fsp3) is 0.190. The van der Waals surface area contributed by atoms with Gasteiger partial charge in [-0.2, -0.15) is 0 Å². The van der Waals surface area contributed by atoms with Gasteiger partial charge in [-0.3, -0.25) is 9.78 Å². The summed E-state index contributed by atoms with van der Waals surface area (Å²) in [5.41, 5.74) is 1.80. The number of aromatic nitrogens is 3. The Morgan fingerprint density at radius 2 is 1.87 bits per heavy atom. The second-order valence-corrected chi connectivity index (χ2v) is 8.46. The highest BCUT2D eigenvalue weighted by Crippen LogP contribution is 2.35. The fourth-order valence-electron chi connectivity index (χ4n) is 3.74. The number of rotatable bonds is 3. The third kappa shape index (κ3) is 3.23. The Hall–Kier alpha value is -2.94. The third-order valence-corrected chi connectivity index (χ3v) is 6.68. The quantitative estimate of drug-likeness (QED) is 0.513. The first-order chi connectivity index (χ1) is 14.6. The standard InChI is InChI=1S/C21H18ClN5O2S/c22-14-4-2-1-3-13(14)18-11-15-19(30-18)20(28)27(21(29)25-15)17-12-24-6-5-16(17)26-9-7-23-8-10-26/h1-6,11-12,23H,7-10H2,(H,25,29). The summed E-state index contributed by atoms with van der Waals surface area (Å²) >= 11 is 7.64. The van der Waals surface area contributed by atoms with Crippen LogP contribution in [0.25, 0.3) is 26.3 Å². The van der Waals surface area contributed by atoms with E-state index in [1.54, 1.807) is 24.5 Å². The van der Waals surface area contributed by atoms with Gasteiger partial charge in [0.05, 0.1) is 23.1 Å². The minimum absolute atomic E-state index is 0.360. The molecule has 1 aromatic carbocycles. The van der Waals surface area contributed by atoms with E-state index in [4.69, 9.17) is 11.6 Å². The van der Waals surface area contributed by atoms with Crippen molar-refractivity contribution in [1.82, 2.24) is 19.9 Å². The molecule has 4 heterocycles. The third-order valence-electron chi connectivity index (χ3n) is 5.19. The zero-order valence-corrected chi connectivity index (χ0v) is 17.5. The van der Waals surface area contributed by atoms with Crippen molar-refractivity contribution in [2.75, 3.05) is 31.1 Å². The van der Waals surface area contributed by atoms with Crippen molar-refractivity contribution < 1.29 is 0 Å². The van der Waals surface area contributed by atoms with E-state index in [1.807, 2.05) is 24.3 Å². The lowest BCUT2D eigenvalue weighted by atomic mass is 10.2. The molecule has 2 N–H and O–H groups in total. The fourth-order valence-corrected chi connectivity index (χ4v) is 5.12. The van der Waals surface area contributed by atoms with E-state index >= 15 is 0 Å². The van der Waals surface area contributed by atoms with Gasteiger partial charge >= 0.3 is 5.69 Å². The number of fused-ring (bicyclic) bond motifs is 1. The number of aromatic amines is 1. The highest BCUT2D eigenvalue weighted by Gasteiger charge is 2.20. The topological polar surface area (TPSA) is 83.0 Å². The van der Waals surface area contributed by atoms with E-state index in [2.05, 4.69) is 20.2 Å². The molecule has 30 heavy (non-hydrogen) atoms. The van der Waals surface area contributed by atoms with Gasteiger partial charge in [0.25, 0.3) is 5.56 Å². The number of piperazine rings is 1. The SMILES string of the molecule is O=c1[nH]c2cc(-c3ccccc3Cl)sc2c(=O)n1-c1cnccc1N1CCNCC1. The molecule has 1 aliphatic rings. The predicted octanol–water partition coefficient (Wildman–Crippen LogP) is 2.87. The van der Waals surface area contributed by atoms with Crippen molar-refractivity contribution in [2.45, 2.75) is 0 Å². The average molecular weight is 440 g/mol. The highest BCUT2D eigenvalue weighted by atomic mass is 35.5. The molecule has 0 saturated carbocycles. The number of hydrogen-bond acceptors (Lipinski definition) is 6. The molecule has 4 aromatic rings. The van der Waals surface area contributed by atoms with Crippen LogP contribution in [0.4, 0.5) is 5.69 Å². The van der Waals surface area contributed by atoms with Crippen LogP contribution in [0.3, 0.4) is 0 Å². The summed E-state index contributed by atoms with van der Waals surface area (Å²) in [6.45, 7) is 3.28. The van der Waals surface area contributed by atoms with Gasteiger partial charge in [0.1, 0.15) is 4.70 Å². The zero-order chi connectivity index (χ0) is 20.7. The van der Waals surface area contributed by atoms with E-state index in [-0.39, 0.29) is 5.56 Å². The number of hydrogen-bond donors (Lipinski definition) is 2. The minimum atomic E-state index is -0.486. The highest BCUT2D eigenvalue weighted by molar-refractivity contribution is 7.22. The molecule has 7 nitrogen and oxygen atoms in total. The van der Waals surface area contributed by atoms with Gasteiger partial charge in [0.2, 0.25) is 0 Å². The van der Waals surface area contributed by atoms with Gasteiger partial charge in [0.15, 0.2) is 0 Å². The number of nitrogens with zero attached hydrogens (tertiary/aromatic N) is 3. The molecule has 0 spiro atoms. The second-order valence-electron chi connectivity index (χ2n) is 7.01. The largest absolute Gasteiger partial charge is 0.367 e. The Balaban J connectivity index is 1.69. The Bertz CT molecular complexity index is 1350. The van der Waals surface area contributed by atoms with Crippen LogP contribution in [-0.2, 0) is 0 Å². The van der Waals surface area contributed by atoms with Crippen molar-refractivity contribution in [1.29, 1.82) is 0 Å². The molecule has 5 rings (SSSR count). The van der Waals surface area contributed by atoms with Gasteiger partial charge in [0, 0.05) is 47.8 Å². The van der Waals surface area contributed by atoms with Crippen molar-refractivity contribution in [3.63, 3.8) is 0 Å². The van der Waals surface area contributed by atoms with Gasteiger partial charge in [-0.05, 0) is 18.2 Å². The molecular formula is C21H18ClN5O2S. The number of nitrogens with one attached hydrogen (secondary N) is 2. The van der Waals surface area contributed by atoms with Gasteiger partial charge < -0.3 is 15.2 Å². The van der Waals surface area contributed by atoms with Crippen molar-refractivity contribution >= 4 is 38.8 Å². The number of benzene rings is 1. The van der Waals surface area contributed by atoms with Crippen LogP contribution in [0.2, 0.25) is 5.02 Å². The number of pyridine rings is 1. The van der Waals surface area contributed by atoms with Gasteiger partial charge in [-0.1, -0.05) is 29.8 Å². The molecule has 9 heteroatoms. The summed E-state index contributed by atoms with van der Waals surface area (Å²) in [7, 11) is 0.